The molecule has 0 aliphatic carbocycles. The van der Waals surface area contributed by atoms with Gasteiger partial charge in [0.15, 0.2) is 5.75 Å². The smallest absolute Gasteiger partial charge is 0.411 e. The Bertz CT molecular complexity index is 3430. The number of carboxylic acid groups (broad SMARTS) is 2. The summed E-state index contributed by atoms with van der Waals surface area (Å²) in [4.78, 5) is 37.2. The number of anilines is 4. The first-order valence-corrected chi connectivity index (χ1v) is 31.0. The predicted octanol–water partition coefficient (Wildman–Crippen LogP) is 4.44. The van der Waals surface area contributed by atoms with Gasteiger partial charge in [-0.2, -0.15) is 26.3 Å². The van der Waals surface area contributed by atoms with Crippen LogP contribution in [0.5, 0.6) is 17.2 Å². The minimum Gasteiger partial charge on any atom is -0.662 e. The minimum absolute atomic E-state index is 0.130. The standard InChI is InChI=1S/C62H80F6N12O2.2CH2O3/c1-44-15-16-45(40-51(44)77-35-11-31-73-27-7-23-69(2)56(73)77)39-46-17-19-49(43-52(46)78-36-12-32-74-28-8-24-70(3)57(74)78)82-55-22-18-47(41-54(55)80-38-14-34-76-30-10-26-72(5)59(76)80)60(61(63,64)65,62(66,67)68)50-21-20-48(81-6)42-53(50)79-37-13-33-75-29-9-25-71(4)58(75)79;2-1-4-3;2-1(3)4/h15-22,40-43H,7-14,23-39H2,1-6H3;1,3H;(H2,2,3,4)/q+4;;/p-3. The van der Waals surface area contributed by atoms with Crippen molar-refractivity contribution in [2.75, 3.05) is 160 Å². The molecule has 0 spiro atoms. The van der Waals surface area contributed by atoms with Crippen LogP contribution in [0.1, 0.15) is 79.2 Å². The third-order valence-corrected chi connectivity index (χ3v) is 18.4. The zero-order valence-corrected chi connectivity index (χ0v) is 52.1. The molecule has 4 aromatic rings. The first-order valence-electron chi connectivity index (χ1n) is 31.0. The van der Waals surface area contributed by atoms with Crippen LogP contribution in [0.25, 0.3) is 0 Å². The fraction of sp³-hybridized carbons (Fsp3) is 0.531. The molecule has 0 amide bonds. The van der Waals surface area contributed by atoms with Gasteiger partial charge in [-0.3, -0.25) is 42.7 Å². The van der Waals surface area contributed by atoms with Crippen LogP contribution >= 0.6 is 0 Å². The maximum Gasteiger partial charge on any atom is 0.411 e. The van der Waals surface area contributed by atoms with Crippen LogP contribution in [0.2, 0.25) is 0 Å². The Morgan fingerprint density at radius 2 is 0.933 bits per heavy atom. The number of methoxy groups -OCH3 is 1. The number of guanidine groups is 4. The Labute approximate surface area is 521 Å². The van der Waals surface area contributed by atoms with Gasteiger partial charge in [-0.25, -0.2) is 19.6 Å². The summed E-state index contributed by atoms with van der Waals surface area (Å²) >= 11 is 0. The van der Waals surface area contributed by atoms with Crippen LogP contribution in [0.15, 0.2) is 72.8 Å². The SMILES string of the molecule is COc1ccc(C(c2ccc(Oc3ccc(Cc4ccc(C)c(N5CCCN6CCC[N+](C)=C65)c4)c(N4CCCN5CCC[N+](C)=C54)c3)c(N3CCCN4CCC[N+](C)=C43)c2)(C(F)(F)F)C(F)(F)F)c(N2CCCN3CCC[N+](C)=C32)c1.O=C([O-])[O-].O=CO[O-]. The van der Waals surface area contributed by atoms with Gasteiger partial charge in [-0.1, -0.05) is 30.3 Å². The number of alkyl halides is 6. The third kappa shape index (κ3) is 12.8. The van der Waals surface area contributed by atoms with Crippen LogP contribution in [-0.4, -0.2) is 227 Å². The molecule has 8 aliphatic heterocycles. The van der Waals surface area contributed by atoms with E-state index in [2.05, 4.69) is 93.3 Å². The second-order valence-corrected chi connectivity index (χ2v) is 24.2. The fourth-order valence-electron chi connectivity index (χ4n) is 14.7. The Morgan fingerprint density at radius 3 is 1.38 bits per heavy atom. The molecular formula is C64H81F6N12O8+. The van der Waals surface area contributed by atoms with Gasteiger partial charge in [-0.15, -0.1) is 0 Å². The van der Waals surface area contributed by atoms with Crippen molar-refractivity contribution in [3.8, 4) is 17.2 Å². The summed E-state index contributed by atoms with van der Waals surface area (Å²) in [5, 5.41) is 25.1. The van der Waals surface area contributed by atoms with Crippen molar-refractivity contribution < 1.29 is 84.1 Å². The van der Waals surface area contributed by atoms with Gasteiger partial charge < -0.3 is 34.6 Å². The molecule has 8 aliphatic rings. The van der Waals surface area contributed by atoms with Crippen molar-refractivity contribution in [1.29, 1.82) is 0 Å². The highest BCUT2D eigenvalue weighted by Crippen LogP contribution is 2.60. The molecule has 0 N–H and O–H groups in total. The normalized spacial score (nSPS) is 19.1. The molecule has 20 nitrogen and oxygen atoms in total. The molecule has 4 saturated heterocycles. The van der Waals surface area contributed by atoms with Gasteiger partial charge in [0.05, 0.1) is 140 Å². The molecule has 0 saturated carbocycles. The highest BCUT2D eigenvalue weighted by molar-refractivity contribution is 5.98. The number of nitrogens with zero attached hydrogens (tertiary/aromatic N) is 12. The molecule has 0 aromatic heterocycles. The van der Waals surface area contributed by atoms with Crippen LogP contribution in [-0.2, 0) is 21.5 Å². The van der Waals surface area contributed by atoms with Crippen molar-refractivity contribution in [3.63, 3.8) is 0 Å². The summed E-state index contributed by atoms with van der Waals surface area (Å²) in [7, 11) is 9.47. The first kappa shape index (κ1) is 64.8. The number of halogens is 6. The number of benzene rings is 4. The number of hydrogen-bond donors (Lipinski definition) is 0. The molecule has 8 heterocycles. The topological polar surface area (TPSA) is 169 Å². The summed E-state index contributed by atoms with van der Waals surface area (Å²) in [5.41, 5.74) is -0.837. The monoisotopic (exact) mass is 1260 g/mol. The van der Waals surface area contributed by atoms with Gasteiger partial charge in [0, 0.05) is 75.5 Å². The van der Waals surface area contributed by atoms with Crippen molar-refractivity contribution >= 4 is 59.2 Å². The second-order valence-electron chi connectivity index (χ2n) is 24.2. The number of hydrogen-bond acceptors (Lipinski definition) is 16. The van der Waals surface area contributed by atoms with Crippen molar-refractivity contribution in [1.82, 2.24) is 19.6 Å². The summed E-state index contributed by atoms with van der Waals surface area (Å²) in [5.74, 6) is 4.42. The average molecular weight is 1260 g/mol. The lowest BCUT2D eigenvalue weighted by molar-refractivity contribution is -0.652. The molecule has 4 aromatic carbocycles. The summed E-state index contributed by atoms with van der Waals surface area (Å²) in [6, 6.07) is 19.8. The minimum atomic E-state index is -5.87. The van der Waals surface area contributed by atoms with Crippen LogP contribution < -0.4 is 44.5 Å². The number of fused-ring (bicyclic) bond motifs is 4. The first-order chi connectivity index (χ1) is 43.1. The van der Waals surface area contributed by atoms with E-state index >= 15 is 26.3 Å². The van der Waals surface area contributed by atoms with Crippen LogP contribution in [0, 0.1) is 6.92 Å². The largest absolute Gasteiger partial charge is 0.662 e. The van der Waals surface area contributed by atoms with E-state index in [0.717, 1.165) is 138 Å². The van der Waals surface area contributed by atoms with Gasteiger partial charge in [0.2, 0.25) is 5.41 Å². The lowest BCUT2D eigenvalue weighted by atomic mass is 9.71. The highest BCUT2D eigenvalue weighted by atomic mass is 19.4. The Balaban J connectivity index is 0.00000105. The summed E-state index contributed by atoms with van der Waals surface area (Å²) in [6.45, 7) is 14.1. The number of ether oxygens (including phenoxy) is 2. The molecule has 0 atom stereocenters. The lowest BCUT2D eigenvalue weighted by Crippen LogP contribution is -2.59. The molecule has 0 bridgehead atoms. The lowest BCUT2D eigenvalue weighted by Gasteiger charge is -2.42. The zero-order chi connectivity index (χ0) is 64.2. The quantitative estimate of drug-likeness (QED) is 0.0642. The van der Waals surface area contributed by atoms with Crippen LogP contribution in [0.4, 0.5) is 53.9 Å². The van der Waals surface area contributed by atoms with E-state index in [9.17, 15) is 0 Å². The summed E-state index contributed by atoms with van der Waals surface area (Å²) < 4.78 is 122. The molecule has 0 unspecified atom stereocenters. The van der Waals surface area contributed by atoms with Gasteiger partial charge >= 0.3 is 36.2 Å². The maximum absolute atomic E-state index is 16.8. The highest BCUT2D eigenvalue weighted by Gasteiger charge is 2.74. The van der Waals surface area contributed by atoms with Crippen LogP contribution in [0.3, 0.4) is 0 Å². The van der Waals surface area contributed by atoms with Crippen molar-refractivity contribution in [3.05, 3.63) is 101 Å². The molecule has 90 heavy (non-hydrogen) atoms. The molecular weight excluding hydrogens is 1180 g/mol. The van der Waals surface area contributed by atoms with Crippen molar-refractivity contribution in [2.45, 2.75) is 82.5 Å². The number of carbonyl (C=O) groups is 2. The van der Waals surface area contributed by atoms with E-state index in [-0.39, 0.29) is 35.9 Å². The predicted molar refractivity (Wildman–Crippen MR) is 322 cm³/mol. The van der Waals surface area contributed by atoms with Gasteiger partial charge in [0.1, 0.15) is 34.2 Å². The van der Waals surface area contributed by atoms with E-state index in [1.807, 2.05) is 35.7 Å². The van der Waals surface area contributed by atoms with E-state index < -0.39 is 35.0 Å². The number of aryl methyl sites for hydroxylation is 1. The molecule has 0 radical (unpaired) electrons. The Morgan fingerprint density at radius 1 is 0.522 bits per heavy atom. The maximum atomic E-state index is 16.8. The Hall–Kier alpha value is -8.16. The molecule has 12 rings (SSSR count). The van der Waals surface area contributed by atoms with E-state index in [1.165, 1.54) is 42.5 Å². The molecule has 26 heteroatoms. The van der Waals surface area contributed by atoms with E-state index in [1.54, 1.807) is 4.90 Å². The summed E-state index contributed by atoms with van der Waals surface area (Å²) in [6.07, 6.45) is -6.43. The third-order valence-electron chi connectivity index (χ3n) is 18.4. The van der Waals surface area contributed by atoms with Crippen molar-refractivity contribution in [2.24, 2.45) is 0 Å². The second kappa shape index (κ2) is 27.1. The van der Waals surface area contributed by atoms with E-state index in [4.69, 9.17) is 34.5 Å². The number of carbonyl (C=O) groups excluding carboxylic acids is 2. The molecule has 4 fully saturated rings. The Kier molecular flexibility index (Phi) is 19.5. The van der Waals surface area contributed by atoms with E-state index in [0.29, 0.717) is 76.8 Å². The van der Waals surface area contributed by atoms with Gasteiger partial charge in [0.25, 0.3) is 6.47 Å². The fourth-order valence-corrected chi connectivity index (χ4v) is 14.7. The average Bonchev–Trinajstić information content (AvgIpc) is 0.709. The zero-order valence-electron chi connectivity index (χ0n) is 52.1. The van der Waals surface area contributed by atoms with Gasteiger partial charge in [-0.05, 0) is 65.7 Å². The number of rotatable bonds is 12. The molecule has 486 valence electrons.